The van der Waals surface area contributed by atoms with Crippen LogP contribution in [0.5, 0.6) is 6.01 Å². The van der Waals surface area contributed by atoms with Crippen LogP contribution in [0.1, 0.15) is 6.42 Å². The van der Waals surface area contributed by atoms with E-state index in [4.69, 9.17) is 4.74 Å². The Morgan fingerprint density at radius 2 is 2.21 bits per heavy atom. The van der Waals surface area contributed by atoms with Crippen molar-refractivity contribution < 1.29 is 13.5 Å². The second-order valence-corrected chi connectivity index (χ2v) is 6.47. The van der Waals surface area contributed by atoms with Crippen LogP contribution in [0.15, 0.2) is 22.8 Å². The van der Waals surface area contributed by atoms with Crippen LogP contribution in [0.25, 0.3) is 10.9 Å². The average Bonchev–Trinajstić information content (AvgIpc) is 2.96. The van der Waals surface area contributed by atoms with Crippen molar-refractivity contribution in [2.45, 2.75) is 12.3 Å². The fourth-order valence-electron chi connectivity index (χ4n) is 1.70. The number of nitrogens with zero attached hydrogens (tertiary/aromatic N) is 2. The van der Waals surface area contributed by atoms with Gasteiger partial charge in [-0.3, -0.25) is 0 Å². The molecule has 2 aromatic rings. The molecule has 0 amide bonds. The third-order valence-corrected chi connectivity index (χ3v) is 5.26. The van der Waals surface area contributed by atoms with Gasteiger partial charge in [-0.15, -0.1) is 0 Å². The molecule has 1 aliphatic rings. The quantitative estimate of drug-likeness (QED) is 0.676. The van der Waals surface area contributed by atoms with Crippen LogP contribution >= 0.6 is 38.5 Å². The van der Waals surface area contributed by atoms with E-state index in [1.54, 1.807) is 6.20 Å². The van der Waals surface area contributed by atoms with Crippen LogP contribution in [0.3, 0.4) is 0 Å². The zero-order chi connectivity index (χ0) is 13.6. The van der Waals surface area contributed by atoms with Crippen molar-refractivity contribution in [3.63, 3.8) is 0 Å². The number of hydrogen-bond acceptors (Lipinski definition) is 3. The molecule has 1 unspecified atom stereocenters. The number of aromatic nitrogens is 2. The molecule has 1 atom stereocenters. The minimum absolute atomic E-state index is 0.0356. The van der Waals surface area contributed by atoms with Crippen molar-refractivity contribution in [3.05, 3.63) is 26.4 Å². The molecule has 1 aromatic carbocycles. The SMILES string of the molecule is FC1(F)CC1COc1ncc2cc(Br)c(I)cc2n1. The summed E-state index contributed by atoms with van der Waals surface area (Å²) in [7, 11) is 0. The standard InChI is InChI=1S/C12H8BrF2IN2O/c13-8-1-6-4-17-11(18-10(6)2-9(8)16)19-5-7-3-12(7,14)15/h1-2,4,7H,3,5H2. The maximum Gasteiger partial charge on any atom is 0.316 e. The first-order chi connectivity index (χ1) is 8.95. The van der Waals surface area contributed by atoms with E-state index in [2.05, 4.69) is 48.5 Å². The molecule has 1 saturated carbocycles. The highest BCUT2D eigenvalue weighted by Crippen LogP contribution is 2.48. The molecule has 100 valence electrons. The maximum atomic E-state index is 12.7. The van der Waals surface area contributed by atoms with Crippen LogP contribution < -0.4 is 4.74 Å². The number of halogens is 4. The summed E-state index contributed by atoms with van der Waals surface area (Å²) in [6.07, 6.45) is 1.52. The first-order valence-corrected chi connectivity index (χ1v) is 7.45. The second-order valence-electron chi connectivity index (χ2n) is 4.45. The summed E-state index contributed by atoms with van der Waals surface area (Å²) < 4.78 is 32.7. The van der Waals surface area contributed by atoms with E-state index in [1.807, 2.05) is 12.1 Å². The van der Waals surface area contributed by atoms with Crippen LogP contribution in [0.2, 0.25) is 0 Å². The molecule has 0 radical (unpaired) electrons. The van der Waals surface area contributed by atoms with E-state index >= 15 is 0 Å². The molecule has 0 aliphatic heterocycles. The molecule has 19 heavy (non-hydrogen) atoms. The lowest BCUT2D eigenvalue weighted by atomic mass is 10.2. The van der Waals surface area contributed by atoms with Crippen molar-refractivity contribution in [2.75, 3.05) is 6.61 Å². The van der Waals surface area contributed by atoms with E-state index in [0.29, 0.717) is 0 Å². The molecule has 1 heterocycles. The van der Waals surface area contributed by atoms with E-state index in [-0.39, 0.29) is 19.0 Å². The molecule has 0 N–H and O–H groups in total. The number of ether oxygens (including phenoxy) is 1. The van der Waals surface area contributed by atoms with Crippen molar-refractivity contribution in [3.8, 4) is 6.01 Å². The first kappa shape index (κ1) is 13.4. The number of rotatable bonds is 3. The van der Waals surface area contributed by atoms with Crippen LogP contribution in [-0.2, 0) is 0 Å². The second kappa shape index (κ2) is 4.76. The Hall–Kier alpha value is -0.570. The first-order valence-electron chi connectivity index (χ1n) is 5.58. The molecule has 0 spiro atoms. The fraction of sp³-hybridized carbons (Fsp3) is 0.333. The molecule has 3 nitrogen and oxygen atoms in total. The van der Waals surface area contributed by atoms with Gasteiger partial charge in [-0.05, 0) is 50.7 Å². The normalized spacial score (nSPS) is 20.5. The molecule has 3 rings (SSSR count). The van der Waals surface area contributed by atoms with Gasteiger partial charge < -0.3 is 4.74 Å². The Labute approximate surface area is 130 Å². The summed E-state index contributed by atoms with van der Waals surface area (Å²) in [5, 5.41) is 0.872. The lowest BCUT2D eigenvalue weighted by Gasteiger charge is -2.05. The highest BCUT2D eigenvalue weighted by Gasteiger charge is 2.57. The van der Waals surface area contributed by atoms with Gasteiger partial charge in [0.2, 0.25) is 0 Å². The van der Waals surface area contributed by atoms with Gasteiger partial charge in [-0.25, -0.2) is 13.8 Å². The van der Waals surface area contributed by atoms with Gasteiger partial charge in [0.1, 0.15) is 6.61 Å². The lowest BCUT2D eigenvalue weighted by Crippen LogP contribution is -2.07. The lowest BCUT2D eigenvalue weighted by molar-refractivity contribution is 0.0843. The van der Waals surface area contributed by atoms with Gasteiger partial charge in [0, 0.05) is 26.0 Å². The smallest absolute Gasteiger partial charge is 0.316 e. The maximum absolute atomic E-state index is 12.7. The highest BCUT2D eigenvalue weighted by atomic mass is 127. The summed E-state index contributed by atoms with van der Waals surface area (Å²) in [4.78, 5) is 8.24. The molecular weight excluding hydrogens is 433 g/mol. The summed E-state index contributed by atoms with van der Waals surface area (Å²) in [6.45, 7) is -0.0356. The van der Waals surface area contributed by atoms with Gasteiger partial charge in [0.05, 0.1) is 11.4 Å². The molecular formula is C12H8BrF2IN2O. The van der Waals surface area contributed by atoms with Gasteiger partial charge in [-0.1, -0.05) is 0 Å². The van der Waals surface area contributed by atoms with E-state index in [1.165, 1.54) is 0 Å². The van der Waals surface area contributed by atoms with Crippen LogP contribution in [0.4, 0.5) is 8.78 Å². The predicted octanol–water partition coefficient (Wildman–Crippen LogP) is 4.03. The molecule has 7 heteroatoms. The number of benzene rings is 1. The summed E-state index contributed by atoms with van der Waals surface area (Å²) in [5.41, 5.74) is 0.736. The zero-order valence-electron chi connectivity index (χ0n) is 9.54. The molecule has 1 fully saturated rings. The minimum atomic E-state index is -2.57. The van der Waals surface area contributed by atoms with Crippen LogP contribution in [0, 0.1) is 9.49 Å². The third-order valence-electron chi connectivity index (χ3n) is 2.97. The molecule has 0 bridgehead atoms. The van der Waals surface area contributed by atoms with Crippen LogP contribution in [-0.4, -0.2) is 22.5 Å². The Balaban J connectivity index is 1.79. The topological polar surface area (TPSA) is 35.0 Å². The minimum Gasteiger partial charge on any atom is -0.463 e. The highest BCUT2D eigenvalue weighted by molar-refractivity contribution is 14.1. The molecule has 0 saturated heterocycles. The average molecular weight is 441 g/mol. The Kier molecular flexibility index (Phi) is 3.36. The van der Waals surface area contributed by atoms with Gasteiger partial charge in [-0.2, -0.15) is 4.98 Å². The van der Waals surface area contributed by atoms with Gasteiger partial charge in [0.15, 0.2) is 0 Å². The predicted molar refractivity (Wildman–Crippen MR) is 78.5 cm³/mol. The van der Waals surface area contributed by atoms with Crippen molar-refractivity contribution in [1.82, 2.24) is 9.97 Å². The number of fused-ring (bicyclic) bond motifs is 1. The van der Waals surface area contributed by atoms with E-state index < -0.39 is 11.8 Å². The molecule has 1 aliphatic carbocycles. The third kappa shape index (κ3) is 2.81. The van der Waals surface area contributed by atoms with Crippen molar-refractivity contribution >= 4 is 49.4 Å². The molecule has 1 aromatic heterocycles. The summed E-state index contributed by atoms with van der Waals surface area (Å²) >= 11 is 5.61. The number of hydrogen-bond donors (Lipinski definition) is 0. The fourth-order valence-corrected chi connectivity index (χ4v) is 2.52. The van der Waals surface area contributed by atoms with Crippen molar-refractivity contribution in [1.29, 1.82) is 0 Å². The van der Waals surface area contributed by atoms with Gasteiger partial charge >= 0.3 is 6.01 Å². The Morgan fingerprint density at radius 3 is 2.89 bits per heavy atom. The van der Waals surface area contributed by atoms with Gasteiger partial charge in [0.25, 0.3) is 5.92 Å². The Bertz CT molecular complexity index is 653. The van der Waals surface area contributed by atoms with E-state index in [0.717, 1.165) is 18.9 Å². The van der Waals surface area contributed by atoms with Crippen molar-refractivity contribution in [2.24, 2.45) is 5.92 Å². The summed E-state index contributed by atoms with van der Waals surface area (Å²) in [5.74, 6) is -3.27. The van der Waals surface area contributed by atoms with E-state index in [9.17, 15) is 8.78 Å². The number of alkyl halides is 2. The Morgan fingerprint density at radius 1 is 1.47 bits per heavy atom. The largest absolute Gasteiger partial charge is 0.463 e. The monoisotopic (exact) mass is 440 g/mol. The summed E-state index contributed by atoms with van der Waals surface area (Å²) in [6, 6.07) is 3.95. The zero-order valence-corrected chi connectivity index (χ0v) is 13.3.